The third kappa shape index (κ3) is 2.68. The van der Waals surface area contributed by atoms with Crippen LogP contribution in [0.3, 0.4) is 0 Å². The Hall–Kier alpha value is -2.37. The van der Waals surface area contributed by atoms with Crippen molar-refractivity contribution in [3.8, 4) is 0 Å². The number of aliphatic carboxylic acids is 1. The van der Waals surface area contributed by atoms with Crippen LogP contribution in [0.4, 0.5) is 4.39 Å². The number of aromatic amines is 1. The lowest BCUT2D eigenvalue weighted by Crippen LogP contribution is -2.45. The molecule has 116 valence electrons. The predicted molar refractivity (Wildman–Crippen MR) is 78.9 cm³/mol. The molecular formula is C16H17FN2O3. The second-order valence-electron chi connectivity index (χ2n) is 5.73. The molecule has 1 aliphatic carbocycles. The predicted octanol–water partition coefficient (Wildman–Crippen LogP) is 2.31. The fraction of sp³-hybridized carbons (Fsp3) is 0.375. The molecule has 0 aliphatic heterocycles. The fourth-order valence-electron chi connectivity index (χ4n) is 2.76. The van der Waals surface area contributed by atoms with Crippen LogP contribution in [0.1, 0.15) is 25.3 Å². The van der Waals surface area contributed by atoms with Crippen LogP contribution in [0, 0.1) is 5.82 Å². The molecule has 1 aromatic heterocycles. The average molecular weight is 304 g/mol. The van der Waals surface area contributed by atoms with Gasteiger partial charge in [-0.3, -0.25) is 4.79 Å². The number of fused-ring (bicyclic) bond motifs is 1. The van der Waals surface area contributed by atoms with E-state index in [0.29, 0.717) is 10.9 Å². The first kappa shape index (κ1) is 14.6. The van der Waals surface area contributed by atoms with Crippen molar-refractivity contribution in [1.29, 1.82) is 0 Å². The molecule has 22 heavy (non-hydrogen) atoms. The first-order valence-electron chi connectivity index (χ1n) is 7.27. The van der Waals surface area contributed by atoms with Crippen molar-refractivity contribution in [2.45, 2.75) is 38.3 Å². The molecule has 1 unspecified atom stereocenters. The maximum atomic E-state index is 13.4. The molecule has 0 spiro atoms. The molecule has 1 atom stereocenters. The standard InChI is InChI=1S/C16H17FN2O3/c1-9(16(21)22)19(12-3-4-12)15(20)6-10-8-18-14-5-2-11(17)7-13(10)14/h2,5,7-9,12,18H,3-4,6H2,1H3,(H,21,22). The van der Waals surface area contributed by atoms with E-state index in [4.69, 9.17) is 5.11 Å². The van der Waals surface area contributed by atoms with Gasteiger partial charge in [0.15, 0.2) is 0 Å². The van der Waals surface area contributed by atoms with E-state index in [1.165, 1.54) is 24.0 Å². The number of H-pyrrole nitrogens is 1. The number of benzene rings is 1. The molecule has 2 N–H and O–H groups in total. The van der Waals surface area contributed by atoms with Gasteiger partial charge in [0.2, 0.25) is 5.91 Å². The molecule has 1 amide bonds. The van der Waals surface area contributed by atoms with Crippen LogP contribution in [-0.4, -0.2) is 39.0 Å². The molecule has 1 heterocycles. The molecule has 2 aromatic rings. The van der Waals surface area contributed by atoms with E-state index >= 15 is 0 Å². The van der Waals surface area contributed by atoms with Crippen molar-refractivity contribution in [1.82, 2.24) is 9.88 Å². The maximum Gasteiger partial charge on any atom is 0.326 e. The largest absolute Gasteiger partial charge is 0.480 e. The molecule has 0 radical (unpaired) electrons. The summed E-state index contributed by atoms with van der Waals surface area (Å²) in [6, 6.07) is 3.53. The number of aromatic nitrogens is 1. The second kappa shape index (κ2) is 5.44. The highest BCUT2D eigenvalue weighted by molar-refractivity contribution is 5.90. The van der Waals surface area contributed by atoms with E-state index in [0.717, 1.165) is 18.4 Å². The Balaban J connectivity index is 1.85. The Morgan fingerprint density at radius 3 is 2.82 bits per heavy atom. The second-order valence-corrected chi connectivity index (χ2v) is 5.73. The van der Waals surface area contributed by atoms with Gasteiger partial charge in [0, 0.05) is 23.1 Å². The number of rotatable bonds is 5. The normalized spacial score (nSPS) is 15.7. The lowest BCUT2D eigenvalue weighted by atomic mass is 10.1. The van der Waals surface area contributed by atoms with Crippen LogP contribution in [0.25, 0.3) is 10.9 Å². The number of carbonyl (C=O) groups excluding carboxylic acids is 1. The minimum atomic E-state index is -1.01. The number of nitrogens with one attached hydrogen (secondary N) is 1. The van der Waals surface area contributed by atoms with Crippen molar-refractivity contribution >= 4 is 22.8 Å². The molecule has 1 aliphatic rings. The highest BCUT2D eigenvalue weighted by Gasteiger charge is 2.38. The first-order valence-corrected chi connectivity index (χ1v) is 7.27. The zero-order valence-electron chi connectivity index (χ0n) is 12.2. The van der Waals surface area contributed by atoms with Gasteiger partial charge in [-0.25, -0.2) is 9.18 Å². The van der Waals surface area contributed by atoms with Gasteiger partial charge in [0.25, 0.3) is 0 Å². The van der Waals surface area contributed by atoms with Crippen molar-refractivity contribution in [2.75, 3.05) is 0 Å². The molecule has 1 fully saturated rings. The number of hydrogen-bond acceptors (Lipinski definition) is 2. The molecule has 1 aromatic carbocycles. The number of amides is 1. The minimum absolute atomic E-state index is 0.0144. The van der Waals surface area contributed by atoms with Crippen LogP contribution < -0.4 is 0 Å². The van der Waals surface area contributed by atoms with E-state index in [1.54, 1.807) is 12.3 Å². The van der Waals surface area contributed by atoms with Gasteiger partial charge in [-0.1, -0.05) is 0 Å². The Morgan fingerprint density at radius 1 is 1.45 bits per heavy atom. The smallest absolute Gasteiger partial charge is 0.326 e. The number of nitrogens with zero attached hydrogens (tertiary/aromatic N) is 1. The third-order valence-corrected chi connectivity index (χ3v) is 4.07. The summed E-state index contributed by atoms with van der Waals surface area (Å²) in [5.41, 5.74) is 1.44. The Morgan fingerprint density at radius 2 is 2.18 bits per heavy atom. The number of carboxylic acids is 1. The Labute approximate surface area is 126 Å². The quantitative estimate of drug-likeness (QED) is 0.890. The highest BCUT2D eigenvalue weighted by atomic mass is 19.1. The Bertz CT molecular complexity index is 736. The molecule has 0 bridgehead atoms. The summed E-state index contributed by atoms with van der Waals surface area (Å²) in [5.74, 6) is -1.61. The van der Waals surface area contributed by atoms with Crippen molar-refractivity contribution in [2.24, 2.45) is 0 Å². The van der Waals surface area contributed by atoms with Crippen LogP contribution in [-0.2, 0) is 16.0 Å². The van der Waals surface area contributed by atoms with E-state index in [9.17, 15) is 14.0 Å². The summed E-state index contributed by atoms with van der Waals surface area (Å²) >= 11 is 0. The lowest BCUT2D eigenvalue weighted by Gasteiger charge is -2.26. The van der Waals surface area contributed by atoms with Crippen LogP contribution in [0.15, 0.2) is 24.4 Å². The molecule has 5 nitrogen and oxygen atoms in total. The van der Waals surface area contributed by atoms with Gasteiger partial charge >= 0.3 is 5.97 Å². The average Bonchev–Trinajstić information content (AvgIpc) is 3.22. The van der Waals surface area contributed by atoms with Gasteiger partial charge in [-0.05, 0) is 43.5 Å². The summed E-state index contributed by atoms with van der Waals surface area (Å²) in [6.07, 6.45) is 3.42. The summed E-state index contributed by atoms with van der Waals surface area (Å²) in [4.78, 5) is 28.2. The van der Waals surface area contributed by atoms with E-state index < -0.39 is 12.0 Å². The maximum absolute atomic E-state index is 13.4. The summed E-state index contributed by atoms with van der Waals surface area (Å²) in [5, 5.41) is 9.82. The van der Waals surface area contributed by atoms with Gasteiger partial charge in [0.1, 0.15) is 11.9 Å². The molecule has 3 rings (SSSR count). The van der Waals surface area contributed by atoms with Gasteiger partial charge in [0.05, 0.1) is 6.42 Å². The van der Waals surface area contributed by atoms with Gasteiger partial charge < -0.3 is 15.0 Å². The molecule has 6 heteroatoms. The van der Waals surface area contributed by atoms with E-state index in [-0.39, 0.29) is 24.2 Å². The molecular weight excluding hydrogens is 287 g/mol. The molecule has 0 saturated heterocycles. The summed E-state index contributed by atoms with van der Waals surface area (Å²) in [6.45, 7) is 1.52. The molecule has 1 saturated carbocycles. The minimum Gasteiger partial charge on any atom is -0.480 e. The highest BCUT2D eigenvalue weighted by Crippen LogP contribution is 2.30. The number of hydrogen-bond donors (Lipinski definition) is 2. The number of carboxylic acid groups (broad SMARTS) is 1. The Kier molecular flexibility index (Phi) is 3.60. The van der Waals surface area contributed by atoms with Crippen LogP contribution in [0.5, 0.6) is 0 Å². The summed E-state index contributed by atoms with van der Waals surface area (Å²) in [7, 11) is 0. The van der Waals surface area contributed by atoms with Crippen molar-refractivity contribution in [3.63, 3.8) is 0 Å². The van der Waals surface area contributed by atoms with Crippen molar-refractivity contribution in [3.05, 3.63) is 35.8 Å². The van der Waals surface area contributed by atoms with Gasteiger partial charge in [-0.2, -0.15) is 0 Å². The first-order chi connectivity index (χ1) is 10.5. The van der Waals surface area contributed by atoms with Crippen LogP contribution >= 0.6 is 0 Å². The zero-order valence-corrected chi connectivity index (χ0v) is 12.2. The zero-order chi connectivity index (χ0) is 15.9. The topological polar surface area (TPSA) is 73.4 Å². The lowest BCUT2D eigenvalue weighted by molar-refractivity contribution is -0.149. The SMILES string of the molecule is CC(C(=O)O)N(C(=O)Cc1c[nH]c2ccc(F)cc12)C1CC1. The van der Waals surface area contributed by atoms with Crippen LogP contribution in [0.2, 0.25) is 0 Å². The van der Waals surface area contributed by atoms with E-state index in [2.05, 4.69) is 4.98 Å². The number of halogens is 1. The fourth-order valence-corrected chi connectivity index (χ4v) is 2.76. The third-order valence-electron chi connectivity index (χ3n) is 4.07. The van der Waals surface area contributed by atoms with Crippen molar-refractivity contribution < 1.29 is 19.1 Å². The monoisotopic (exact) mass is 304 g/mol. The van der Waals surface area contributed by atoms with Gasteiger partial charge in [-0.15, -0.1) is 0 Å². The van der Waals surface area contributed by atoms with E-state index in [1.807, 2.05) is 0 Å². The number of carbonyl (C=O) groups is 2. The summed E-state index contributed by atoms with van der Waals surface area (Å²) < 4.78 is 13.4.